The number of nitrogens with one attached hydrogen (secondary N) is 1. The molecule has 0 amide bonds. The largest absolute Gasteiger partial charge is 0.389 e. The van der Waals surface area contributed by atoms with Crippen molar-refractivity contribution in [3.8, 4) is 0 Å². The van der Waals surface area contributed by atoms with Gasteiger partial charge in [0.1, 0.15) is 0 Å². The van der Waals surface area contributed by atoms with Crippen molar-refractivity contribution in [1.82, 2.24) is 5.32 Å². The van der Waals surface area contributed by atoms with Gasteiger partial charge in [-0.05, 0) is 37.8 Å². The van der Waals surface area contributed by atoms with E-state index < -0.39 is 5.60 Å². The van der Waals surface area contributed by atoms with Crippen LogP contribution in [0.4, 0.5) is 0 Å². The van der Waals surface area contributed by atoms with Crippen molar-refractivity contribution >= 4 is 0 Å². The average Bonchev–Trinajstić information content (AvgIpc) is 2.12. The molecule has 1 heterocycles. The van der Waals surface area contributed by atoms with Crippen molar-refractivity contribution in [1.29, 1.82) is 0 Å². The van der Waals surface area contributed by atoms with Gasteiger partial charge in [-0.2, -0.15) is 0 Å². The molecule has 0 radical (unpaired) electrons. The molecule has 3 atom stereocenters. The number of nitrogens with two attached hydrogens (primary N) is 1. The molecule has 3 nitrogen and oxygen atoms in total. The van der Waals surface area contributed by atoms with Gasteiger partial charge < -0.3 is 16.2 Å². The lowest BCUT2D eigenvalue weighted by Gasteiger charge is -2.43. The SMILES string of the molecule is CCC(CN)C1(O)CCNCC1C. The van der Waals surface area contributed by atoms with Gasteiger partial charge in [-0.3, -0.25) is 0 Å². The first-order valence-electron chi connectivity index (χ1n) is 5.28. The summed E-state index contributed by atoms with van der Waals surface area (Å²) < 4.78 is 0. The van der Waals surface area contributed by atoms with Crippen LogP contribution in [0.1, 0.15) is 26.7 Å². The normalized spacial score (nSPS) is 37.4. The van der Waals surface area contributed by atoms with Gasteiger partial charge in [-0.1, -0.05) is 13.8 Å². The quantitative estimate of drug-likeness (QED) is 0.595. The molecule has 1 saturated heterocycles. The third-order valence-corrected chi connectivity index (χ3v) is 3.49. The first-order chi connectivity index (χ1) is 6.15. The lowest BCUT2D eigenvalue weighted by atomic mass is 9.72. The molecule has 1 fully saturated rings. The molecule has 0 aliphatic carbocycles. The Kier molecular flexibility index (Phi) is 3.71. The maximum atomic E-state index is 10.5. The first kappa shape index (κ1) is 11.0. The molecule has 1 aliphatic rings. The summed E-state index contributed by atoms with van der Waals surface area (Å²) >= 11 is 0. The van der Waals surface area contributed by atoms with Crippen LogP contribution in [0, 0.1) is 11.8 Å². The molecule has 4 N–H and O–H groups in total. The molecule has 13 heavy (non-hydrogen) atoms. The molecule has 78 valence electrons. The first-order valence-corrected chi connectivity index (χ1v) is 5.28. The van der Waals surface area contributed by atoms with Crippen LogP contribution in [0.3, 0.4) is 0 Å². The van der Waals surface area contributed by atoms with Gasteiger partial charge in [0.05, 0.1) is 5.60 Å². The second-order valence-electron chi connectivity index (χ2n) is 4.19. The smallest absolute Gasteiger partial charge is 0.0737 e. The fourth-order valence-corrected chi connectivity index (χ4v) is 2.36. The number of aliphatic hydroxyl groups is 1. The highest BCUT2D eigenvalue weighted by Gasteiger charge is 2.41. The van der Waals surface area contributed by atoms with Crippen molar-refractivity contribution in [2.75, 3.05) is 19.6 Å². The van der Waals surface area contributed by atoms with Crippen LogP contribution in [0.5, 0.6) is 0 Å². The minimum Gasteiger partial charge on any atom is -0.389 e. The number of piperidine rings is 1. The van der Waals surface area contributed by atoms with Crippen LogP contribution in [0.2, 0.25) is 0 Å². The predicted octanol–water partition coefficient (Wildman–Crippen LogP) is 0.332. The van der Waals surface area contributed by atoms with Gasteiger partial charge in [0.25, 0.3) is 0 Å². The standard InChI is InChI=1S/C10H22N2O/c1-3-9(6-11)10(13)4-5-12-7-8(10)2/h8-9,12-13H,3-7,11H2,1-2H3. The van der Waals surface area contributed by atoms with Crippen molar-refractivity contribution in [2.45, 2.75) is 32.3 Å². The van der Waals surface area contributed by atoms with E-state index in [1.807, 2.05) is 0 Å². The predicted molar refractivity (Wildman–Crippen MR) is 54.4 cm³/mol. The Morgan fingerprint density at radius 1 is 1.69 bits per heavy atom. The topological polar surface area (TPSA) is 58.3 Å². The van der Waals surface area contributed by atoms with E-state index in [4.69, 9.17) is 5.73 Å². The molecule has 3 unspecified atom stereocenters. The fourth-order valence-electron chi connectivity index (χ4n) is 2.36. The lowest BCUT2D eigenvalue weighted by molar-refractivity contribution is -0.0805. The van der Waals surface area contributed by atoms with E-state index in [2.05, 4.69) is 19.2 Å². The Morgan fingerprint density at radius 2 is 2.38 bits per heavy atom. The van der Waals surface area contributed by atoms with Crippen molar-refractivity contribution < 1.29 is 5.11 Å². The van der Waals surface area contributed by atoms with Gasteiger partial charge >= 0.3 is 0 Å². The maximum absolute atomic E-state index is 10.5. The highest BCUT2D eigenvalue weighted by molar-refractivity contribution is 4.94. The Labute approximate surface area is 80.7 Å². The van der Waals surface area contributed by atoms with Crippen LogP contribution in [0.25, 0.3) is 0 Å². The van der Waals surface area contributed by atoms with E-state index in [0.29, 0.717) is 12.5 Å². The highest BCUT2D eigenvalue weighted by atomic mass is 16.3. The molecular formula is C10H22N2O. The van der Waals surface area contributed by atoms with E-state index in [-0.39, 0.29) is 5.92 Å². The average molecular weight is 186 g/mol. The molecule has 0 aromatic heterocycles. The summed E-state index contributed by atoms with van der Waals surface area (Å²) in [5.74, 6) is 0.569. The molecule has 1 rings (SSSR count). The molecule has 0 bridgehead atoms. The van der Waals surface area contributed by atoms with Gasteiger partial charge in [-0.15, -0.1) is 0 Å². The number of rotatable bonds is 3. The second kappa shape index (κ2) is 4.40. The van der Waals surface area contributed by atoms with E-state index >= 15 is 0 Å². The molecule has 0 aromatic rings. The third kappa shape index (κ3) is 2.03. The lowest BCUT2D eigenvalue weighted by Crippen LogP contribution is -2.55. The van der Waals surface area contributed by atoms with Crippen LogP contribution in [0.15, 0.2) is 0 Å². The summed E-state index contributed by atoms with van der Waals surface area (Å²) in [6.45, 7) is 6.62. The second-order valence-corrected chi connectivity index (χ2v) is 4.19. The minimum absolute atomic E-state index is 0.254. The van der Waals surface area contributed by atoms with Gasteiger partial charge in [0.2, 0.25) is 0 Å². The Balaban J connectivity index is 2.69. The zero-order valence-corrected chi connectivity index (χ0v) is 8.71. The minimum atomic E-state index is -0.533. The van der Waals surface area contributed by atoms with E-state index in [9.17, 15) is 5.11 Å². The Bertz CT molecular complexity index is 159. The van der Waals surface area contributed by atoms with Crippen molar-refractivity contribution in [3.05, 3.63) is 0 Å². The van der Waals surface area contributed by atoms with Crippen LogP contribution < -0.4 is 11.1 Å². The molecule has 3 heteroatoms. The van der Waals surface area contributed by atoms with Crippen LogP contribution >= 0.6 is 0 Å². The summed E-state index contributed by atoms with van der Waals surface area (Å²) in [6.07, 6.45) is 1.81. The summed E-state index contributed by atoms with van der Waals surface area (Å²) in [6, 6.07) is 0. The Hall–Kier alpha value is -0.120. The van der Waals surface area contributed by atoms with Gasteiger partial charge in [-0.25, -0.2) is 0 Å². The zero-order chi connectivity index (χ0) is 9.90. The van der Waals surface area contributed by atoms with Crippen molar-refractivity contribution in [3.63, 3.8) is 0 Å². The van der Waals surface area contributed by atoms with Crippen LogP contribution in [-0.2, 0) is 0 Å². The summed E-state index contributed by atoms with van der Waals surface area (Å²) in [5, 5.41) is 13.8. The summed E-state index contributed by atoms with van der Waals surface area (Å²) in [5.41, 5.74) is 5.15. The third-order valence-electron chi connectivity index (χ3n) is 3.49. The fraction of sp³-hybridized carbons (Fsp3) is 1.00. The molecule has 1 aliphatic heterocycles. The van der Waals surface area contributed by atoms with Crippen LogP contribution in [-0.4, -0.2) is 30.3 Å². The van der Waals surface area contributed by atoms with E-state index in [1.54, 1.807) is 0 Å². The molecule has 0 aromatic carbocycles. The summed E-state index contributed by atoms with van der Waals surface area (Å²) in [7, 11) is 0. The molecular weight excluding hydrogens is 164 g/mol. The van der Waals surface area contributed by atoms with Gasteiger partial charge in [0.15, 0.2) is 0 Å². The molecule has 0 saturated carbocycles. The zero-order valence-electron chi connectivity index (χ0n) is 8.71. The Morgan fingerprint density at radius 3 is 2.85 bits per heavy atom. The van der Waals surface area contributed by atoms with Crippen molar-refractivity contribution in [2.24, 2.45) is 17.6 Å². The molecule has 0 spiro atoms. The monoisotopic (exact) mass is 186 g/mol. The van der Waals surface area contributed by atoms with E-state index in [1.165, 1.54) is 0 Å². The van der Waals surface area contributed by atoms with E-state index in [0.717, 1.165) is 25.9 Å². The highest BCUT2D eigenvalue weighted by Crippen LogP contribution is 2.33. The van der Waals surface area contributed by atoms with Gasteiger partial charge in [0, 0.05) is 6.54 Å². The number of hydrogen-bond acceptors (Lipinski definition) is 3. The summed E-state index contributed by atoms with van der Waals surface area (Å²) in [4.78, 5) is 0. The number of hydrogen-bond donors (Lipinski definition) is 3. The maximum Gasteiger partial charge on any atom is 0.0737 e.